The van der Waals surface area contributed by atoms with Crippen molar-refractivity contribution in [1.82, 2.24) is 15.3 Å². The minimum Gasteiger partial charge on any atom is -0.313 e. The first-order valence-corrected chi connectivity index (χ1v) is 7.20. The van der Waals surface area contributed by atoms with E-state index in [1.54, 1.807) is 12.4 Å². The van der Waals surface area contributed by atoms with Gasteiger partial charge in [-0.05, 0) is 37.6 Å². The minimum absolute atomic E-state index is 0.229. The minimum atomic E-state index is 0.229. The molecule has 3 aromatic rings. The fraction of sp³-hybridized carbons (Fsp3) is 0.222. The second-order valence-electron chi connectivity index (χ2n) is 5.31. The van der Waals surface area contributed by atoms with Crippen LogP contribution in [0.5, 0.6) is 0 Å². The molecule has 1 N–H and O–H groups in total. The number of likely N-dealkylation sites (N-methyl/N-ethyl adjacent to an activating group) is 1. The summed E-state index contributed by atoms with van der Waals surface area (Å²) in [6.07, 6.45) is 4.43. The topological polar surface area (TPSA) is 37.8 Å². The largest absolute Gasteiger partial charge is 0.313 e. The summed E-state index contributed by atoms with van der Waals surface area (Å²) in [7, 11) is 2.00. The van der Waals surface area contributed by atoms with Crippen LogP contribution in [0.2, 0.25) is 0 Å². The number of hydrogen-bond acceptors (Lipinski definition) is 3. The van der Waals surface area contributed by atoms with E-state index in [-0.39, 0.29) is 6.04 Å². The summed E-state index contributed by atoms with van der Waals surface area (Å²) in [6, 6.07) is 15.1. The molecular formula is C18H19N3. The van der Waals surface area contributed by atoms with Gasteiger partial charge >= 0.3 is 0 Å². The lowest BCUT2D eigenvalue weighted by molar-refractivity contribution is 0.595. The summed E-state index contributed by atoms with van der Waals surface area (Å²) in [6.45, 7) is 2.13. The number of nitrogens with zero attached hydrogens (tertiary/aromatic N) is 2. The molecule has 3 nitrogen and oxygen atoms in total. The highest BCUT2D eigenvalue weighted by molar-refractivity contribution is 5.78. The number of aromatic nitrogens is 2. The third kappa shape index (κ3) is 2.93. The number of aryl methyl sites for hydroxylation is 1. The molecule has 0 spiro atoms. The lowest BCUT2D eigenvalue weighted by Gasteiger charge is -2.18. The summed E-state index contributed by atoms with van der Waals surface area (Å²) in [4.78, 5) is 8.90. The Morgan fingerprint density at radius 2 is 1.86 bits per heavy atom. The zero-order valence-corrected chi connectivity index (χ0v) is 12.4. The molecular weight excluding hydrogens is 258 g/mol. The molecule has 1 unspecified atom stereocenters. The Kier molecular flexibility index (Phi) is 3.93. The van der Waals surface area contributed by atoms with E-state index in [0.29, 0.717) is 0 Å². The van der Waals surface area contributed by atoms with E-state index in [0.717, 1.165) is 17.5 Å². The van der Waals surface area contributed by atoms with Gasteiger partial charge in [0.2, 0.25) is 0 Å². The molecule has 1 atom stereocenters. The predicted octanol–water partition coefficient (Wildman–Crippen LogP) is 3.44. The van der Waals surface area contributed by atoms with Crippen molar-refractivity contribution in [3.63, 3.8) is 0 Å². The van der Waals surface area contributed by atoms with E-state index in [4.69, 9.17) is 0 Å². The molecule has 0 aliphatic rings. The maximum absolute atomic E-state index is 4.51. The van der Waals surface area contributed by atoms with Crippen LogP contribution >= 0.6 is 0 Å². The highest BCUT2D eigenvalue weighted by Crippen LogP contribution is 2.24. The molecule has 1 heterocycles. The standard InChI is InChI=1S/C18H19N3/c1-13-5-3-6-14(11-13)12-17(19-2)15-7-4-8-16-18(15)21-10-9-20-16/h3-11,17,19H,12H2,1-2H3. The van der Waals surface area contributed by atoms with Crippen LogP contribution < -0.4 is 5.32 Å². The average Bonchev–Trinajstić information content (AvgIpc) is 2.52. The highest BCUT2D eigenvalue weighted by Gasteiger charge is 2.14. The second kappa shape index (κ2) is 6.02. The normalized spacial score (nSPS) is 12.5. The maximum Gasteiger partial charge on any atom is 0.0934 e. The molecule has 3 heteroatoms. The van der Waals surface area contributed by atoms with E-state index in [1.165, 1.54) is 16.7 Å². The Labute approximate surface area is 125 Å². The Morgan fingerprint density at radius 1 is 1.05 bits per heavy atom. The Morgan fingerprint density at radius 3 is 2.67 bits per heavy atom. The molecule has 2 aromatic carbocycles. The number of rotatable bonds is 4. The van der Waals surface area contributed by atoms with Gasteiger partial charge in [0.25, 0.3) is 0 Å². The van der Waals surface area contributed by atoms with Crippen molar-refractivity contribution < 1.29 is 0 Å². The quantitative estimate of drug-likeness (QED) is 0.794. The van der Waals surface area contributed by atoms with Crippen molar-refractivity contribution in [2.45, 2.75) is 19.4 Å². The molecule has 0 saturated heterocycles. The Bertz CT molecular complexity index is 747. The summed E-state index contributed by atoms with van der Waals surface area (Å²) in [5, 5.41) is 3.41. The van der Waals surface area contributed by atoms with Crippen molar-refractivity contribution in [3.05, 3.63) is 71.5 Å². The molecule has 0 radical (unpaired) electrons. The Balaban J connectivity index is 1.98. The first-order valence-electron chi connectivity index (χ1n) is 7.20. The molecule has 1 aromatic heterocycles. The molecule has 0 amide bonds. The average molecular weight is 277 g/mol. The highest BCUT2D eigenvalue weighted by atomic mass is 14.9. The second-order valence-corrected chi connectivity index (χ2v) is 5.31. The first kappa shape index (κ1) is 13.7. The van der Waals surface area contributed by atoms with Crippen LogP contribution in [-0.4, -0.2) is 17.0 Å². The number of benzene rings is 2. The molecule has 0 fully saturated rings. The smallest absolute Gasteiger partial charge is 0.0934 e. The van der Waals surface area contributed by atoms with Crippen LogP contribution in [0.15, 0.2) is 54.9 Å². The van der Waals surface area contributed by atoms with Gasteiger partial charge in [0.15, 0.2) is 0 Å². The summed E-state index contributed by atoms with van der Waals surface area (Å²) in [5.74, 6) is 0. The van der Waals surface area contributed by atoms with Crippen LogP contribution in [-0.2, 0) is 6.42 Å². The molecule has 0 bridgehead atoms. The van der Waals surface area contributed by atoms with E-state index in [1.807, 2.05) is 19.2 Å². The fourth-order valence-corrected chi connectivity index (χ4v) is 2.74. The Hall–Kier alpha value is -2.26. The predicted molar refractivity (Wildman–Crippen MR) is 86.2 cm³/mol. The SMILES string of the molecule is CNC(Cc1cccc(C)c1)c1cccc2nccnc12. The van der Waals surface area contributed by atoms with Crippen molar-refractivity contribution >= 4 is 11.0 Å². The maximum atomic E-state index is 4.51. The molecule has 106 valence electrons. The van der Waals surface area contributed by atoms with E-state index >= 15 is 0 Å². The summed E-state index contributed by atoms with van der Waals surface area (Å²) >= 11 is 0. The lowest BCUT2D eigenvalue weighted by atomic mass is 9.97. The summed E-state index contributed by atoms with van der Waals surface area (Å²) in [5.41, 5.74) is 5.74. The van der Waals surface area contributed by atoms with Gasteiger partial charge in [-0.25, -0.2) is 0 Å². The van der Waals surface area contributed by atoms with Gasteiger partial charge in [-0.15, -0.1) is 0 Å². The van der Waals surface area contributed by atoms with Gasteiger partial charge in [-0.1, -0.05) is 42.0 Å². The fourth-order valence-electron chi connectivity index (χ4n) is 2.74. The van der Waals surface area contributed by atoms with Crippen molar-refractivity contribution in [2.75, 3.05) is 7.05 Å². The number of para-hydroxylation sites is 1. The van der Waals surface area contributed by atoms with Gasteiger partial charge in [0, 0.05) is 18.4 Å². The van der Waals surface area contributed by atoms with Gasteiger partial charge in [-0.2, -0.15) is 0 Å². The van der Waals surface area contributed by atoms with Gasteiger partial charge < -0.3 is 5.32 Å². The van der Waals surface area contributed by atoms with Crippen LogP contribution in [0.25, 0.3) is 11.0 Å². The zero-order chi connectivity index (χ0) is 14.7. The number of fused-ring (bicyclic) bond motifs is 1. The molecule has 0 saturated carbocycles. The van der Waals surface area contributed by atoms with E-state index in [2.05, 4.69) is 52.5 Å². The first-order chi connectivity index (χ1) is 10.3. The zero-order valence-electron chi connectivity index (χ0n) is 12.4. The van der Waals surface area contributed by atoms with Gasteiger partial charge in [0.05, 0.1) is 11.0 Å². The molecule has 0 aliphatic carbocycles. The van der Waals surface area contributed by atoms with Crippen molar-refractivity contribution in [1.29, 1.82) is 0 Å². The van der Waals surface area contributed by atoms with Gasteiger partial charge in [0.1, 0.15) is 0 Å². The molecule has 21 heavy (non-hydrogen) atoms. The molecule has 0 aliphatic heterocycles. The van der Waals surface area contributed by atoms with Crippen LogP contribution in [0.1, 0.15) is 22.7 Å². The number of hydrogen-bond donors (Lipinski definition) is 1. The monoisotopic (exact) mass is 277 g/mol. The van der Waals surface area contributed by atoms with E-state index in [9.17, 15) is 0 Å². The van der Waals surface area contributed by atoms with E-state index < -0.39 is 0 Å². The summed E-state index contributed by atoms with van der Waals surface area (Å²) < 4.78 is 0. The van der Waals surface area contributed by atoms with Crippen LogP contribution in [0.3, 0.4) is 0 Å². The van der Waals surface area contributed by atoms with Crippen LogP contribution in [0.4, 0.5) is 0 Å². The third-order valence-electron chi connectivity index (χ3n) is 3.78. The van der Waals surface area contributed by atoms with Gasteiger partial charge in [-0.3, -0.25) is 9.97 Å². The van der Waals surface area contributed by atoms with Crippen molar-refractivity contribution in [2.24, 2.45) is 0 Å². The number of nitrogens with one attached hydrogen (secondary N) is 1. The lowest BCUT2D eigenvalue weighted by Crippen LogP contribution is -2.19. The van der Waals surface area contributed by atoms with Crippen molar-refractivity contribution in [3.8, 4) is 0 Å². The third-order valence-corrected chi connectivity index (χ3v) is 3.78. The molecule has 3 rings (SSSR count). The van der Waals surface area contributed by atoms with Crippen LogP contribution in [0, 0.1) is 6.92 Å².